The topological polar surface area (TPSA) is 75.1 Å². The number of halogens is 1. The fraction of sp³-hybridized carbons (Fsp3) is 0.409. The fourth-order valence-electron chi connectivity index (χ4n) is 2.49. The highest BCUT2D eigenvalue weighted by Crippen LogP contribution is 2.12. The van der Waals surface area contributed by atoms with Gasteiger partial charge in [0.25, 0.3) is 0 Å². The molecule has 0 aliphatic carbocycles. The van der Waals surface area contributed by atoms with Crippen molar-refractivity contribution in [2.24, 2.45) is 4.99 Å². The second-order valence-electron chi connectivity index (χ2n) is 6.47. The number of ether oxygens (including phenoxy) is 2. The lowest BCUT2D eigenvalue weighted by atomic mass is 10.2. The largest absolute Gasteiger partial charge is 0.491 e. The molecule has 1 atom stereocenters. The first-order valence-corrected chi connectivity index (χ1v) is 9.68. The second kappa shape index (κ2) is 15.1. The summed E-state index contributed by atoms with van der Waals surface area (Å²) < 4.78 is 11.3. The summed E-state index contributed by atoms with van der Waals surface area (Å²) in [6.45, 7) is 7.00. The van der Waals surface area contributed by atoms with Gasteiger partial charge in [-0.1, -0.05) is 42.5 Å². The van der Waals surface area contributed by atoms with Crippen molar-refractivity contribution < 1.29 is 14.6 Å². The minimum atomic E-state index is -0.676. The van der Waals surface area contributed by atoms with Gasteiger partial charge in [-0.05, 0) is 37.1 Å². The Morgan fingerprint density at radius 3 is 2.62 bits per heavy atom. The van der Waals surface area contributed by atoms with Crippen LogP contribution in [-0.2, 0) is 11.3 Å². The first kappa shape index (κ1) is 25.2. The standard InChI is InChI=1S/C22H31N3O3.HI/c1-3-23-22(24-12-13-27-16-19-9-5-4-6-10-19)25-15-20(26)17-28-21-11-7-8-18(2)14-21;/h4-11,14,20,26H,3,12-13,15-17H2,1-2H3,(H2,23,24,25);1H. The summed E-state index contributed by atoms with van der Waals surface area (Å²) in [6.07, 6.45) is -0.676. The SMILES string of the molecule is CCNC(=NCC(O)COc1cccc(C)c1)NCCOCc1ccccc1.I. The van der Waals surface area contributed by atoms with Crippen LogP contribution in [0.25, 0.3) is 0 Å². The molecule has 0 saturated carbocycles. The van der Waals surface area contributed by atoms with E-state index >= 15 is 0 Å². The van der Waals surface area contributed by atoms with Crippen LogP contribution in [-0.4, -0.2) is 50.0 Å². The smallest absolute Gasteiger partial charge is 0.191 e. The molecular formula is C22H32IN3O3. The van der Waals surface area contributed by atoms with Crippen LogP contribution < -0.4 is 15.4 Å². The maximum absolute atomic E-state index is 10.1. The second-order valence-corrected chi connectivity index (χ2v) is 6.47. The lowest BCUT2D eigenvalue weighted by Crippen LogP contribution is -2.39. The monoisotopic (exact) mass is 513 g/mol. The van der Waals surface area contributed by atoms with Crippen LogP contribution in [0.15, 0.2) is 59.6 Å². The van der Waals surface area contributed by atoms with E-state index in [4.69, 9.17) is 9.47 Å². The number of benzene rings is 2. The van der Waals surface area contributed by atoms with E-state index in [0.29, 0.717) is 25.7 Å². The van der Waals surface area contributed by atoms with E-state index in [1.54, 1.807) is 0 Å². The van der Waals surface area contributed by atoms with Crippen molar-refractivity contribution in [1.29, 1.82) is 0 Å². The molecular weight excluding hydrogens is 481 g/mol. The number of nitrogens with one attached hydrogen (secondary N) is 2. The van der Waals surface area contributed by atoms with Crippen molar-refractivity contribution in [3.8, 4) is 5.75 Å². The van der Waals surface area contributed by atoms with Gasteiger partial charge in [0.1, 0.15) is 18.5 Å². The Bertz CT molecular complexity index is 713. The highest BCUT2D eigenvalue weighted by atomic mass is 127. The number of aliphatic hydroxyl groups excluding tert-OH is 1. The Hall–Kier alpha value is -1.84. The molecule has 3 N–H and O–H groups in total. The van der Waals surface area contributed by atoms with Crippen molar-refractivity contribution in [2.75, 3.05) is 32.8 Å². The van der Waals surface area contributed by atoms with Gasteiger partial charge in [-0.2, -0.15) is 0 Å². The molecule has 29 heavy (non-hydrogen) atoms. The zero-order valence-electron chi connectivity index (χ0n) is 17.1. The number of guanidine groups is 1. The van der Waals surface area contributed by atoms with Crippen LogP contribution in [0.1, 0.15) is 18.1 Å². The van der Waals surface area contributed by atoms with Crippen LogP contribution in [0.5, 0.6) is 5.75 Å². The number of hydrogen-bond acceptors (Lipinski definition) is 4. The van der Waals surface area contributed by atoms with Crippen LogP contribution in [0.3, 0.4) is 0 Å². The van der Waals surface area contributed by atoms with E-state index in [9.17, 15) is 5.11 Å². The third kappa shape index (κ3) is 11.1. The van der Waals surface area contributed by atoms with Crippen molar-refractivity contribution in [1.82, 2.24) is 10.6 Å². The lowest BCUT2D eigenvalue weighted by Gasteiger charge is -2.14. The zero-order chi connectivity index (χ0) is 20.0. The first-order valence-electron chi connectivity index (χ1n) is 9.68. The molecule has 0 aliphatic heterocycles. The molecule has 2 aromatic carbocycles. The Kier molecular flexibility index (Phi) is 13.1. The maximum Gasteiger partial charge on any atom is 0.191 e. The van der Waals surface area contributed by atoms with Gasteiger partial charge in [0, 0.05) is 13.1 Å². The molecule has 2 aromatic rings. The van der Waals surface area contributed by atoms with Crippen molar-refractivity contribution >= 4 is 29.9 Å². The number of rotatable bonds is 11. The first-order chi connectivity index (χ1) is 13.7. The normalized spacial score (nSPS) is 12.0. The van der Waals surface area contributed by atoms with Gasteiger partial charge >= 0.3 is 0 Å². The summed E-state index contributed by atoms with van der Waals surface area (Å²) in [5, 5.41) is 16.5. The average molecular weight is 513 g/mol. The lowest BCUT2D eigenvalue weighted by molar-refractivity contribution is 0.114. The molecule has 0 fully saturated rings. The quantitative estimate of drug-likeness (QED) is 0.186. The van der Waals surface area contributed by atoms with Crippen LogP contribution >= 0.6 is 24.0 Å². The molecule has 0 amide bonds. The third-order valence-electron chi connectivity index (χ3n) is 3.89. The molecule has 0 bridgehead atoms. The summed E-state index contributed by atoms with van der Waals surface area (Å²) in [4.78, 5) is 4.41. The van der Waals surface area contributed by atoms with E-state index in [2.05, 4.69) is 15.6 Å². The molecule has 160 valence electrons. The Balaban J connectivity index is 0.00000420. The van der Waals surface area contributed by atoms with Crippen LogP contribution in [0, 0.1) is 6.92 Å². The van der Waals surface area contributed by atoms with Crippen LogP contribution in [0.4, 0.5) is 0 Å². The third-order valence-corrected chi connectivity index (χ3v) is 3.89. The van der Waals surface area contributed by atoms with E-state index in [1.165, 1.54) is 0 Å². The molecule has 7 heteroatoms. The summed E-state index contributed by atoms with van der Waals surface area (Å²) in [7, 11) is 0. The van der Waals surface area contributed by atoms with Crippen LogP contribution in [0.2, 0.25) is 0 Å². The molecule has 0 saturated heterocycles. The summed E-state index contributed by atoms with van der Waals surface area (Å²) in [5.74, 6) is 1.41. The molecule has 0 aromatic heterocycles. The minimum Gasteiger partial charge on any atom is -0.491 e. The molecule has 0 spiro atoms. The minimum absolute atomic E-state index is 0. The van der Waals surface area contributed by atoms with Gasteiger partial charge in [0.15, 0.2) is 5.96 Å². The number of nitrogens with zero attached hydrogens (tertiary/aromatic N) is 1. The summed E-state index contributed by atoms with van der Waals surface area (Å²) in [6, 6.07) is 17.8. The molecule has 6 nitrogen and oxygen atoms in total. The van der Waals surface area contributed by atoms with E-state index in [0.717, 1.165) is 23.4 Å². The number of hydrogen-bond donors (Lipinski definition) is 3. The molecule has 0 radical (unpaired) electrons. The van der Waals surface area contributed by atoms with Crippen molar-refractivity contribution in [3.63, 3.8) is 0 Å². The van der Waals surface area contributed by atoms with E-state index in [1.807, 2.05) is 68.4 Å². The van der Waals surface area contributed by atoms with Gasteiger partial charge in [-0.15, -0.1) is 24.0 Å². The molecule has 2 rings (SSSR count). The molecule has 0 heterocycles. The Labute approximate surface area is 190 Å². The number of aryl methyl sites for hydroxylation is 1. The van der Waals surface area contributed by atoms with Gasteiger partial charge < -0.3 is 25.2 Å². The average Bonchev–Trinajstić information content (AvgIpc) is 2.71. The zero-order valence-corrected chi connectivity index (χ0v) is 19.5. The van der Waals surface area contributed by atoms with Gasteiger partial charge in [0.2, 0.25) is 0 Å². The molecule has 1 unspecified atom stereocenters. The fourth-order valence-corrected chi connectivity index (χ4v) is 2.49. The maximum atomic E-state index is 10.1. The van der Waals surface area contributed by atoms with Crippen molar-refractivity contribution in [2.45, 2.75) is 26.6 Å². The highest BCUT2D eigenvalue weighted by molar-refractivity contribution is 14.0. The summed E-state index contributed by atoms with van der Waals surface area (Å²) in [5.41, 5.74) is 2.28. The van der Waals surface area contributed by atoms with Gasteiger partial charge in [-0.3, -0.25) is 4.99 Å². The predicted molar refractivity (Wildman–Crippen MR) is 128 cm³/mol. The number of aliphatic hydroxyl groups is 1. The van der Waals surface area contributed by atoms with Gasteiger partial charge in [0.05, 0.1) is 19.8 Å². The number of aliphatic imine (C=N–C) groups is 1. The van der Waals surface area contributed by atoms with Gasteiger partial charge in [-0.25, -0.2) is 0 Å². The Morgan fingerprint density at radius 1 is 1.10 bits per heavy atom. The van der Waals surface area contributed by atoms with Crippen molar-refractivity contribution in [3.05, 3.63) is 65.7 Å². The van der Waals surface area contributed by atoms with E-state index < -0.39 is 6.10 Å². The Morgan fingerprint density at radius 2 is 1.90 bits per heavy atom. The van der Waals surface area contributed by atoms with E-state index in [-0.39, 0.29) is 37.1 Å². The highest BCUT2D eigenvalue weighted by Gasteiger charge is 2.06. The molecule has 0 aliphatic rings. The summed E-state index contributed by atoms with van der Waals surface area (Å²) >= 11 is 0. The predicted octanol–water partition coefficient (Wildman–Crippen LogP) is 3.12.